The molecule has 8 heteroatoms. The molecule has 2 aromatic carbocycles. The van der Waals surface area contributed by atoms with E-state index in [1.165, 1.54) is 25.6 Å². The van der Waals surface area contributed by atoms with Gasteiger partial charge in [0, 0.05) is 22.1 Å². The summed E-state index contributed by atoms with van der Waals surface area (Å²) >= 11 is 7.60. The van der Waals surface area contributed by atoms with Crippen LogP contribution in [0.2, 0.25) is 0 Å². The van der Waals surface area contributed by atoms with Gasteiger partial charge < -0.3 is 18.9 Å². The minimum atomic E-state index is -0.492. The van der Waals surface area contributed by atoms with Gasteiger partial charge in [-0.1, -0.05) is 0 Å². The highest BCUT2D eigenvalue weighted by Gasteiger charge is 2.20. The average Bonchev–Trinajstić information content (AvgIpc) is 3.29. The van der Waals surface area contributed by atoms with E-state index in [1.54, 1.807) is 6.07 Å². The summed E-state index contributed by atoms with van der Waals surface area (Å²) in [6.07, 6.45) is 0. The number of esters is 1. The van der Waals surface area contributed by atoms with Gasteiger partial charge in [0.25, 0.3) is 0 Å². The molecular formula is C23H24ClNO5S. The first-order chi connectivity index (χ1) is 15.1. The number of rotatable bonds is 9. The van der Waals surface area contributed by atoms with Crippen molar-refractivity contribution in [2.45, 2.75) is 19.7 Å². The first kappa shape index (κ1) is 22.9. The maximum atomic E-state index is 12.3. The van der Waals surface area contributed by atoms with Crippen LogP contribution in [-0.2, 0) is 10.6 Å². The average molecular weight is 462 g/mol. The van der Waals surface area contributed by atoms with Gasteiger partial charge in [0.15, 0.2) is 11.5 Å². The van der Waals surface area contributed by atoms with Crippen molar-refractivity contribution in [3.8, 4) is 39.1 Å². The van der Waals surface area contributed by atoms with E-state index < -0.39 is 5.97 Å². The first-order valence-electron chi connectivity index (χ1n) is 9.77. The van der Waals surface area contributed by atoms with E-state index >= 15 is 0 Å². The molecule has 0 spiro atoms. The van der Waals surface area contributed by atoms with Gasteiger partial charge in [0.05, 0.1) is 39.0 Å². The molecule has 164 valence electrons. The molecule has 0 saturated carbocycles. The molecule has 0 fully saturated rings. The van der Waals surface area contributed by atoms with Crippen LogP contribution in [-0.4, -0.2) is 38.4 Å². The molecule has 0 N–H and O–H groups in total. The molecule has 3 rings (SSSR count). The number of carbonyl (C=O) groups is 1. The summed E-state index contributed by atoms with van der Waals surface area (Å²) in [4.78, 5) is 17.0. The summed E-state index contributed by atoms with van der Waals surface area (Å²) in [5.74, 6) is 1.49. The van der Waals surface area contributed by atoms with Crippen LogP contribution in [0.1, 0.15) is 29.8 Å². The Morgan fingerprint density at radius 2 is 1.77 bits per heavy atom. The Kier molecular flexibility index (Phi) is 7.76. The lowest BCUT2D eigenvalue weighted by atomic mass is 10.0. The number of halogens is 1. The number of nitrogens with zero attached hydrogens (tertiary/aromatic N) is 1. The summed E-state index contributed by atoms with van der Waals surface area (Å²) < 4.78 is 21.7. The molecule has 0 unspecified atom stereocenters. The zero-order valence-corrected chi connectivity index (χ0v) is 19.4. The van der Waals surface area contributed by atoms with E-state index in [-0.39, 0.29) is 5.88 Å². The fraction of sp³-hybridized carbons (Fsp3) is 0.304. The van der Waals surface area contributed by atoms with Crippen molar-refractivity contribution in [3.63, 3.8) is 0 Å². The van der Waals surface area contributed by atoms with E-state index in [0.29, 0.717) is 41.6 Å². The predicted octanol–water partition coefficient (Wildman–Crippen LogP) is 5.81. The van der Waals surface area contributed by atoms with Crippen LogP contribution in [0.4, 0.5) is 0 Å². The summed E-state index contributed by atoms with van der Waals surface area (Å²) in [6.45, 7) is 4.96. The highest BCUT2D eigenvalue weighted by molar-refractivity contribution is 7.13. The van der Waals surface area contributed by atoms with Crippen LogP contribution >= 0.6 is 22.9 Å². The highest BCUT2D eigenvalue weighted by Crippen LogP contribution is 2.37. The van der Waals surface area contributed by atoms with Gasteiger partial charge in [-0.2, -0.15) is 0 Å². The molecule has 0 bridgehead atoms. The molecular weight excluding hydrogens is 438 g/mol. The number of hydrogen-bond donors (Lipinski definition) is 0. The molecule has 1 aromatic heterocycles. The Labute approximate surface area is 190 Å². The number of benzene rings is 2. The number of ether oxygens (including phenoxy) is 4. The third kappa shape index (κ3) is 4.94. The molecule has 31 heavy (non-hydrogen) atoms. The van der Waals surface area contributed by atoms with Gasteiger partial charge in [0.2, 0.25) is 0 Å². The standard InChI is InChI=1S/C23H24ClNO5S/c1-5-29-19-8-7-14(11-20(19)30-6-2)22-25-18(13-31-22)15-9-16(12-24)21(27-3)17(10-15)23(26)28-4/h7-11,13H,5-6,12H2,1-4H3. The van der Waals surface area contributed by atoms with Crippen LogP contribution in [0.5, 0.6) is 17.2 Å². The van der Waals surface area contributed by atoms with Crippen molar-refractivity contribution in [2.24, 2.45) is 0 Å². The number of thiazole rings is 1. The SMILES string of the molecule is CCOc1ccc(-c2nc(-c3cc(CCl)c(OC)c(C(=O)OC)c3)cs2)cc1OCC. The lowest BCUT2D eigenvalue weighted by molar-refractivity contribution is 0.0597. The lowest BCUT2D eigenvalue weighted by Gasteiger charge is -2.13. The van der Waals surface area contributed by atoms with Crippen molar-refractivity contribution < 1.29 is 23.7 Å². The Bertz CT molecular complexity index is 1070. The van der Waals surface area contributed by atoms with E-state index in [4.69, 9.17) is 35.5 Å². The molecule has 0 saturated heterocycles. The van der Waals surface area contributed by atoms with Crippen molar-refractivity contribution in [1.29, 1.82) is 0 Å². The topological polar surface area (TPSA) is 66.9 Å². The highest BCUT2D eigenvalue weighted by atomic mass is 35.5. The third-order valence-electron chi connectivity index (χ3n) is 4.51. The quantitative estimate of drug-likeness (QED) is 0.296. The molecule has 0 atom stereocenters. The first-order valence-corrected chi connectivity index (χ1v) is 11.2. The van der Waals surface area contributed by atoms with Gasteiger partial charge in [-0.25, -0.2) is 9.78 Å². The number of carbonyl (C=O) groups excluding carboxylic acids is 1. The maximum absolute atomic E-state index is 12.3. The summed E-state index contributed by atoms with van der Waals surface area (Å²) in [5.41, 5.74) is 3.41. The van der Waals surface area contributed by atoms with Gasteiger partial charge in [-0.15, -0.1) is 22.9 Å². The molecule has 0 amide bonds. The molecule has 0 aliphatic rings. The monoisotopic (exact) mass is 461 g/mol. The molecule has 1 heterocycles. The summed E-state index contributed by atoms with van der Waals surface area (Å²) in [7, 11) is 2.83. The van der Waals surface area contributed by atoms with E-state index in [1.807, 2.05) is 43.5 Å². The van der Waals surface area contributed by atoms with Gasteiger partial charge in [-0.05, 0) is 44.2 Å². The molecule has 3 aromatic rings. The second kappa shape index (κ2) is 10.5. The van der Waals surface area contributed by atoms with Crippen LogP contribution in [0, 0.1) is 0 Å². The minimum absolute atomic E-state index is 0.189. The van der Waals surface area contributed by atoms with Crippen LogP contribution in [0.25, 0.3) is 21.8 Å². The van der Waals surface area contributed by atoms with Gasteiger partial charge in [-0.3, -0.25) is 0 Å². The van der Waals surface area contributed by atoms with Crippen molar-refractivity contribution in [3.05, 3.63) is 46.8 Å². The minimum Gasteiger partial charge on any atom is -0.496 e. The van der Waals surface area contributed by atoms with E-state index in [9.17, 15) is 4.79 Å². The Morgan fingerprint density at radius 3 is 2.42 bits per heavy atom. The smallest absolute Gasteiger partial charge is 0.341 e. The van der Waals surface area contributed by atoms with Crippen molar-refractivity contribution in [1.82, 2.24) is 4.98 Å². The number of aromatic nitrogens is 1. The van der Waals surface area contributed by atoms with Crippen LogP contribution < -0.4 is 14.2 Å². The lowest BCUT2D eigenvalue weighted by Crippen LogP contribution is -2.06. The maximum Gasteiger partial charge on any atom is 0.341 e. The summed E-state index contributed by atoms with van der Waals surface area (Å²) in [6, 6.07) is 9.35. The Hall–Kier alpha value is -2.77. The molecule has 0 radical (unpaired) electrons. The van der Waals surface area contributed by atoms with E-state index in [0.717, 1.165) is 21.8 Å². The number of alkyl halides is 1. The Morgan fingerprint density at radius 1 is 1.03 bits per heavy atom. The second-order valence-electron chi connectivity index (χ2n) is 6.41. The zero-order chi connectivity index (χ0) is 22.4. The second-order valence-corrected chi connectivity index (χ2v) is 7.53. The predicted molar refractivity (Wildman–Crippen MR) is 123 cm³/mol. The third-order valence-corrected chi connectivity index (χ3v) is 5.69. The van der Waals surface area contributed by atoms with Crippen molar-refractivity contribution >= 4 is 28.9 Å². The van der Waals surface area contributed by atoms with Crippen LogP contribution in [0.15, 0.2) is 35.7 Å². The van der Waals surface area contributed by atoms with Gasteiger partial charge >= 0.3 is 5.97 Å². The number of hydrogen-bond acceptors (Lipinski definition) is 7. The fourth-order valence-electron chi connectivity index (χ4n) is 3.16. The zero-order valence-electron chi connectivity index (χ0n) is 17.9. The normalized spacial score (nSPS) is 10.6. The fourth-order valence-corrected chi connectivity index (χ4v) is 4.19. The molecule has 0 aliphatic heterocycles. The van der Waals surface area contributed by atoms with Crippen LogP contribution in [0.3, 0.4) is 0 Å². The number of methoxy groups -OCH3 is 2. The molecule has 6 nitrogen and oxygen atoms in total. The summed E-state index contributed by atoms with van der Waals surface area (Å²) in [5, 5.41) is 2.76. The molecule has 0 aliphatic carbocycles. The Balaban J connectivity index is 2.02. The van der Waals surface area contributed by atoms with Crippen molar-refractivity contribution in [2.75, 3.05) is 27.4 Å². The van der Waals surface area contributed by atoms with Gasteiger partial charge in [0.1, 0.15) is 16.3 Å². The van der Waals surface area contributed by atoms with E-state index in [2.05, 4.69) is 0 Å². The largest absolute Gasteiger partial charge is 0.496 e.